The normalized spacial score (nSPS) is 30.4. The second-order valence-corrected chi connectivity index (χ2v) is 5.97. The van der Waals surface area contributed by atoms with Crippen LogP contribution in [0.5, 0.6) is 0 Å². The molecule has 3 atom stereocenters. The lowest BCUT2D eigenvalue weighted by Gasteiger charge is -2.26. The molecule has 108 valence electrons. The zero-order valence-electron chi connectivity index (χ0n) is 11.8. The van der Waals surface area contributed by atoms with Crippen molar-refractivity contribution in [2.45, 2.75) is 24.8 Å². The van der Waals surface area contributed by atoms with Crippen molar-refractivity contribution in [3.63, 3.8) is 0 Å². The largest absolute Gasteiger partial charge is 0.340 e. The van der Waals surface area contributed by atoms with E-state index >= 15 is 0 Å². The first-order chi connectivity index (χ1) is 9.75. The van der Waals surface area contributed by atoms with Gasteiger partial charge in [0, 0.05) is 31.6 Å². The number of hydrogen-bond acceptors (Lipinski definition) is 3. The highest BCUT2D eigenvalue weighted by atomic mass is 16.2. The third-order valence-corrected chi connectivity index (χ3v) is 4.55. The quantitative estimate of drug-likeness (QED) is 0.843. The highest BCUT2D eigenvalue weighted by Crippen LogP contribution is 2.28. The summed E-state index contributed by atoms with van der Waals surface area (Å²) in [7, 11) is 0. The summed E-state index contributed by atoms with van der Waals surface area (Å²) in [6.45, 7) is 3.31. The molecule has 1 aromatic rings. The van der Waals surface area contributed by atoms with Crippen LogP contribution in [0.3, 0.4) is 0 Å². The van der Waals surface area contributed by atoms with Gasteiger partial charge in [-0.15, -0.1) is 0 Å². The van der Waals surface area contributed by atoms with Gasteiger partial charge in [0.2, 0.25) is 5.91 Å². The van der Waals surface area contributed by atoms with Crippen molar-refractivity contribution in [1.29, 1.82) is 0 Å². The minimum Gasteiger partial charge on any atom is -0.340 e. The van der Waals surface area contributed by atoms with Gasteiger partial charge >= 0.3 is 0 Å². The number of carbonyl (C=O) groups is 1. The SMILES string of the molecule is N[C@@H]1CN(C(=O)C2CCCNC2)C[C@H]1c1ccccc1. The van der Waals surface area contributed by atoms with Crippen LogP contribution in [0, 0.1) is 5.92 Å². The van der Waals surface area contributed by atoms with Crippen molar-refractivity contribution < 1.29 is 4.79 Å². The van der Waals surface area contributed by atoms with Gasteiger partial charge < -0.3 is 16.0 Å². The molecule has 3 N–H and O–H groups in total. The zero-order chi connectivity index (χ0) is 13.9. The Labute approximate surface area is 120 Å². The third-order valence-electron chi connectivity index (χ3n) is 4.55. The predicted molar refractivity (Wildman–Crippen MR) is 79.3 cm³/mol. The molecule has 2 fully saturated rings. The number of nitrogens with two attached hydrogens (primary N) is 1. The Morgan fingerprint density at radius 2 is 2.05 bits per heavy atom. The van der Waals surface area contributed by atoms with E-state index in [1.165, 1.54) is 5.56 Å². The van der Waals surface area contributed by atoms with Crippen LogP contribution in [0.4, 0.5) is 0 Å². The van der Waals surface area contributed by atoms with Gasteiger partial charge in [-0.05, 0) is 24.9 Å². The van der Waals surface area contributed by atoms with Gasteiger partial charge in [0.15, 0.2) is 0 Å². The van der Waals surface area contributed by atoms with Gasteiger partial charge in [-0.25, -0.2) is 0 Å². The van der Waals surface area contributed by atoms with E-state index in [0.717, 1.165) is 32.5 Å². The van der Waals surface area contributed by atoms with Crippen LogP contribution in [0.25, 0.3) is 0 Å². The zero-order valence-corrected chi connectivity index (χ0v) is 11.8. The van der Waals surface area contributed by atoms with E-state index in [-0.39, 0.29) is 23.8 Å². The maximum atomic E-state index is 12.6. The Balaban J connectivity index is 1.67. The van der Waals surface area contributed by atoms with Gasteiger partial charge in [-0.1, -0.05) is 30.3 Å². The Bertz CT molecular complexity index is 456. The average Bonchev–Trinajstić information content (AvgIpc) is 2.90. The maximum Gasteiger partial charge on any atom is 0.227 e. The molecule has 3 rings (SSSR count). The van der Waals surface area contributed by atoms with E-state index in [0.29, 0.717) is 6.54 Å². The summed E-state index contributed by atoms with van der Waals surface area (Å²) in [4.78, 5) is 14.5. The van der Waals surface area contributed by atoms with Crippen molar-refractivity contribution in [1.82, 2.24) is 10.2 Å². The Morgan fingerprint density at radius 1 is 1.25 bits per heavy atom. The van der Waals surface area contributed by atoms with Crippen molar-refractivity contribution in [2.75, 3.05) is 26.2 Å². The molecule has 2 aliphatic heterocycles. The lowest BCUT2D eigenvalue weighted by molar-refractivity contribution is -0.135. The van der Waals surface area contributed by atoms with Crippen molar-refractivity contribution in [3.05, 3.63) is 35.9 Å². The van der Waals surface area contributed by atoms with Gasteiger partial charge in [0.1, 0.15) is 0 Å². The average molecular weight is 273 g/mol. The third kappa shape index (κ3) is 2.72. The number of carbonyl (C=O) groups excluding carboxylic acids is 1. The molecule has 1 unspecified atom stereocenters. The van der Waals surface area contributed by atoms with E-state index in [1.54, 1.807) is 0 Å². The Morgan fingerprint density at radius 3 is 2.75 bits per heavy atom. The number of likely N-dealkylation sites (tertiary alicyclic amines) is 1. The fourth-order valence-corrected chi connectivity index (χ4v) is 3.38. The number of amides is 1. The first-order valence-electron chi connectivity index (χ1n) is 7.55. The first-order valence-corrected chi connectivity index (χ1v) is 7.55. The molecule has 0 aliphatic carbocycles. The number of piperidine rings is 1. The van der Waals surface area contributed by atoms with Gasteiger partial charge in [-0.3, -0.25) is 4.79 Å². The summed E-state index contributed by atoms with van der Waals surface area (Å²) < 4.78 is 0. The fourth-order valence-electron chi connectivity index (χ4n) is 3.38. The van der Waals surface area contributed by atoms with E-state index < -0.39 is 0 Å². The number of nitrogens with zero attached hydrogens (tertiary/aromatic N) is 1. The molecule has 0 saturated carbocycles. The van der Waals surface area contributed by atoms with Gasteiger partial charge in [-0.2, -0.15) is 0 Å². The molecular weight excluding hydrogens is 250 g/mol. The number of benzene rings is 1. The molecule has 1 amide bonds. The van der Waals surface area contributed by atoms with Crippen molar-refractivity contribution in [3.8, 4) is 0 Å². The minimum atomic E-state index is 0.0536. The number of rotatable bonds is 2. The molecule has 20 heavy (non-hydrogen) atoms. The van der Waals surface area contributed by atoms with Crippen molar-refractivity contribution in [2.24, 2.45) is 11.7 Å². The lowest BCUT2D eigenvalue weighted by atomic mass is 9.95. The number of nitrogens with one attached hydrogen (secondary N) is 1. The summed E-state index contributed by atoms with van der Waals surface area (Å²) in [5.74, 6) is 0.702. The second kappa shape index (κ2) is 5.94. The van der Waals surface area contributed by atoms with E-state index in [9.17, 15) is 4.79 Å². The predicted octanol–water partition coefficient (Wildman–Crippen LogP) is 0.939. The van der Waals surface area contributed by atoms with Crippen LogP contribution in [0.1, 0.15) is 24.3 Å². The summed E-state index contributed by atoms with van der Waals surface area (Å²) >= 11 is 0. The van der Waals surface area contributed by atoms with E-state index in [4.69, 9.17) is 5.73 Å². The minimum absolute atomic E-state index is 0.0536. The topological polar surface area (TPSA) is 58.4 Å². The molecule has 4 heteroatoms. The first kappa shape index (κ1) is 13.6. The van der Waals surface area contributed by atoms with Crippen LogP contribution >= 0.6 is 0 Å². The second-order valence-electron chi connectivity index (χ2n) is 5.97. The Hall–Kier alpha value is -1.39. The fraction of sp³-hybridized carbons (Fsp3) is 0.562. The van der Waals surface area contributed by atoms with Crippen LogP contribution in [0.15, 0.2) is 30.3 Å². The van der Waals surface area contributed by atoms with Crippen LogP contribution in [-0.2, 0) is 4.79 Å². The smallest absolute Gasteiger partial charge is 0.227 e. The van der Waals surface area contributed by atoms with Gasteiger partial charge in [0.25, 0.3) is 0 Å². The monoisotopic (exact) mass is 273 g/mol. The summed E-state index contributed by atoms with van der Waals surface area (Å²) in [6, 6.07) is 10.4. The molecule has 2 aliphatic rings. The summed E-state index contributed by atoms with van der Waals surface area (Å²) in [5, 5.41) is 3.31. The van der Waals surface area contributed by atoms with Gasteiger partial charge in [0.05, 0.1) is 5.92 Å². The highest BCUT2D eigenvalue weighted by molar-refractivity contribution is 5.79. The molecule has 0 radical (unpaired) electrons. The van der Waals surface area contributed by atoms with Crippen molar-refractivity contribution >= 4 is 5.91 Å². The summed E-state index contributed by atoms with van der Waals surface area (Å²) in [6.07, 6.45) is 2.10. The number of hydrogen-bond donors (Lipinski definition) is 2. The Kier molecular flexibility index (Phi) is 4.03. The molecular formula is C16H23N3O. The van der Waals surface area contributed by atoms with Crippen LogP contribution in [-0.4, -0.2) is 43.0 Å². The molecule has 0 spiro atoms. The lowest BCUT2D eigenvalue weighted by Crippen LogP contribution is -2.42. The molecule has 0 bridgehead atoms. The molecule has 4 nitrogen and oxygen atoms in total. The summed E-state index contributed by atoms with van der Waals surface area (Å²) in [5.41, 5.74) is 7.51. The van der Waals surface area contributed by atoms with Crippen LogP contribution in [0.2, 0.25) is 0 Å². The maximum absolute atomic E-state index is 12.6. The molecule has 2 heterocycles. The van der Waals surface area contributed by atoms with E-state index in [1.807, 2.05) is 23.1 Å². The standard InChI is InChI=1S/C16H23N3O/c17-15-11-19(16(20)13-7-4-8-18-9-13)10-14(15)12-5-2-1-3-6-12/h1-3,5-6,13-15,18H,4,7-11,17H2/t13?,14-,15+/m0/s1. The van der Waals surface area contributed by atoms with E-state index in [2.05, 4.69) is 17.4 Å². The molecule has 1 aromatic carbocycles. The molecule has 0 aromatic heterocycles. The van der Waals surface area contributed by atoms with Crippen LogP contribution < -0.4 is 11.1 Å². The molecule has 2 saturated heterocycles. The highest BCUT2D eigenvalue weighted by Gasteiger charge is 2.36.